The van der Waals surface area contributed by atoms with Gasteiger partial charge >= 0.3 is 0 Å². The Labute approximate surface area is 178 Å². The third kappa shape index (κ3) is 4.75. The number of rotatable bonds is 7. The number of nitrogens with zero attached hydrogens (tertiary/aromatic N) is 3. The van der Waals surface area contributed by atoms with Gasteiger partial charge in [0.1, 0.15) is 12.1 Å². The lowest BCUT2D eigenvalue weighted by Crippen LogP contribution is -2.16. The molecular weight excluding hydrogens is 399 g/mol. The van der Waals surface area contributed by atoms with Crippen molar-refractivity contribution in [1.82, 2.24) is 14.8 Å². The number of hydrogen-bond acceptors (Lipinski definition) is 4. The summed E-state index contributed by atoms with van der Waals surface area (Å²) in [5.74, 6) is -0.408. The maximum absolute atomic E-state index is 14.1. The van der Waals surface area contributed by atoms with Crippen molar-refractivity contribution in [3.05, 3.63) is 102 Å². The van der Waals surface area contributed by atoms with E-state index in [1.165, 1.54) is 34.3 Å². The van der Waals surface area contributed by atoms with Gasteiger partial charge < -0.3 is 5.32 Å². The maximum atomic E-state index is 14.1. The third-order valence-electron chi connectivity index (χ3n) is 4.49. The van der Waals surface area contributed by atoms with Crippen LogP contribution in [0.2, 0.25) is 0 Å². The highest BCUT2D eigenvalue weighted by Crippen LogP contribution is 2.23. The fraction of sp³-hybridized carbons (Fsp3) is 0.0870. The smallest absolute Gasteiger partial charge is 0.234 e. The van der Waals surface area contributed by atoms with E-state index in [1.807, 2.05) is 42.5 Å². The monoisotopic (exact) mass is 418 g/mol. The lowest BCUT2D eigenvalue weighted by molar-refractivity contribution is -0.113. The van der Waals surface area contributed by atoms with Crippen molar-refractivity contribution in [2.45, 2.75) is 11.6 Å². The highest BCUT2D eigenvalue weighted by Gasteiger charge is 2.13. The van der Waals surface area contributed by atoms with Crippen LogP contribution in [0, 0.1) is 5.82 Å². The second-order valence-corrected chi connectivity index (χ2v) is 7.53. The van der Waals surface area contributed by atoms with E-state index in [4.69, 9.17) is 0 Å². The van der Waals surface area contributed by atoms with Gasteiger partial charge in [0, 0.05) is 5.69 Å². The Hall–Kier alpha value is -3.45. The molecule has 0 spiro atoms. The first kappa shape index (κ1) is 19.8. The van der Waals surface area contributed by atoms with Gasteiger partial charge in [0.15, 0.2) is 5.16 Å². The molecule has 0 unspecified atom stereocenters. The molecule has 0 fully saturated rings. The zero-order chi connectivity index (χ0) is 20.8. The zero-order valence-corrected chi connectivity index (χ0v) is 16.8. The molecule has 0 aliphatic heterocycles. The summed E-state index contributed by atoms with van der Waals surface area (Å²) in [5.41, 5.74) is 3.34. The quantitative estimate of drug-likeness (QED) is 0.441. The van der Waals surface area contributed by atoms with Gasteiger partial charge in [-0.2, -0.15) is 0 Å². The topological polar surface area (TPSA) is 59.8 Å². The van der Waals surface area contributed by atoms with Crippen molar-refractivity contribution in [3.63, 3.8) is 0 Å². The Bertz CT molecular complexity index is 1150. The number of para-hydroxylation sites is 2. The van der Waals surface area contributed by atoms with Crippen molar-refractivity contribution in [3.8, 4) is 5.69 Å². The molecule has 4 rings (SSSR count). The number of carbonyl (C=O) groups is 1. The summed E-state index contributed by atoms with van der Waals surface area (Å²) < 4.78 is 15.6. The van der Waals surface area contributed by atoms with E-state index in [2.05, 4.69) is 27.6 Å². The molecule has 3 aromatic carbocycles. The lowest BCUT2D eigenvalue weighted by atomic mass is 10.0. The van der Waals surface area contributed by atoms with E-state index in [-0.39, 0.29) is 17.5 Å². The predicted molar refractivity (Wildman–Crippen MR) is 116 cm³/mol. The van der Waals surface area contributed by atoms with E-state index in [1.54, 1.807) is 18.2 Å². The van der Waals surface area contributed by atoms with Crippen LogP contribution in [-0.2, 0) is 11.2 Å². The number of carbonyl (C=O) groups excluding carboxylic acids is 1. The van der Waals surface area contributed by atoms with Crippen LogP contribution in [0.1, 0.15) is 11.1 Å². The van der Waals surface area contributed by atoms with E-state index in [9.17, 15) is 9.18 Å². The van der Waals surface area contributed by atoms with Crippen LogP contribution in [-0.4, -0.2) is 26.4 Å². The van der Waals surface area contributed by atoms with Crippen molar-refractivity contribution in [1.29, 1.82) is 0 Å². The van der Waals surface area contributed by atoms with E-state index >= 15 is 0 Å². The highest BCUT2D eigenvalue weighted by molar-refractivity contribution is 7.99. The van der Waals surface area contributed by atoms with Gasteiger partial charge in [-0.3, -0.25) is 9.36 Å². The first-order valence-electron chi connectivity index (χ1n) is 9.40. The molecule has 0 aliphatic rings. The Kier molecular flexibility index (Phi) is 6.20. The van der Waals surface area contributed by atoms with Crippen LogP contribution in [0.5, 0.6) is 0 Å². The molecule has 0 saturated carbocycles. The number of benzene rings is 3. The molecule has 1 amide bonds. The Morgan fingerprint density at radius 1 is 0.967 bits per heavy atom. The first-order chi connectivity index (χ1) is 14.7. The molecule has 0 saturated heterocycles. The molecule has 0 atom stereocenters. The summed E-state index contributed by atoms with van der Waals surface area (Å²) in [6.45, 7) is 0. The average Bonchev–Trinajstić information content (AvgIpc) is 3.23. The number of thioether (sulfide) groups is 1. The molecule has 30 heavy (non-hydrogen) atoms. The maximum Gasteiger partial charge on any atom is 0.234 e. The predicted octanol–water partition coefficient (Wildman–Crippen LogP) is 4.73. The molecule has 4 aromatic rings. The van der Waals surface area contributed by atoms with Crippen LogP contribution in [0.15, 0.2) is 90.3 Å². The molecule has 150 valence electrons. The molecule has 0 bridgehead atoms. The fourth-order valence-corrected chi connectivity index (χ4v) is 3.79. The summed E-state index contributed by atoms with van der Waals surface area (Å²) >= 11 is 1.21. The summed E-state index contributed by atoms with van der Waals surface area (Å²) in [5, 5.41) is 11.3. The van der Waals surface area contributed by atoms with Crippen LogP contribution in [0.4, 0.5) is 10.1 Å². The number of amides is 1. The highest BCUT2D eigenvalue weighted by atomic mass is 32.2. The average molecular weight is 418 g/mol. The Morgan fingerprint density at radius 3 is 2.53 bits per heavy atom. The van der Waals surface area contributed by atoms with Gasteiger partial charge in [-0.1, -0.05) is 72.4 Å². The lowest BCUT2D eigenvalue weighted by Gasteiger charge is -2.11. The molecule has 7 heteroatoms. The van der Waals surface area contributed by atoms with Crippen LogP contribution in [0.3, 0.4) is 0 Å². The number of anilines is 1. The van der Waals surface area contributed by atoms with Crippen LogP contribution >= 0.6 is 11.8 Å². The third-order valence-corrected chi connectivity index (χ3v) is 5.43. The summed E-state index contributed by atoms with van der Waals surface area (Å²) in [6.07, 6.45) is 2.17. The molecule has 1 aromatic heterocycles. The van der Waals surface area contributed by atoms with E-state index < -0.39 is 0 Å². The number of nitrogens with one attached hydrogen (secondary N) is 1. The molecule has 5 nitrogen and oxygen atoms in total. The van der Waals surface area contributed by atoms with Crippen molar-refractivity contribution in [2.75, 3.05) is 11.1 Å². The largest absolute Gasteiger partial charge is 0.325 e. The minimum Gasteiger partial charge on any atom is -0.325 e. The molecule has 0 aliphatic carbocycles. The van der Waals surface area contributed by atoms with Gasteiger partial charge in [0.2, 0.25) is 5.91 Å². The fourth-order valence-electron chi connectivity index (χ4n) is 3.06. The molecule has 1 heterocycles. The zero-order valence-electron chi connectivity index (χ0n) is 16.0. The molecule has 1 N–H and O–H groups in total. The van der Waals surface area contributed by atoms with Crippen molar-refractivity contribution in [2.24, 2.45) is 0 Å². The van der Waals surface area contributed by atoms with Gasteiger partial charge in [-0.15, -0.1) is 10.2 Å². The van der Waals surface area contributed by atoms with Crippen LogP contribution in [0.25, 0.3) is 5.69 Å². The SMILES string of the molecule is O=C(CSc1nncn1-c1ccccc1F)Nc1ccccc1Cc1ccccc1. The first-order valence-corrected chi connectivity index (χ1v) is 10.4. The van der Waals surface area contributed by atoms with Gasteiger partial charge in [0.05, 0.1) is 11.4 Å². The van der Waals surface area contributed by atoms with Crippen molar-refractivity contribution >= 4 is 23.4 Å². The summed E-state index contributed by atoms with van der Waals surface area (Å²) in [7, 11) is 0. The summed E-state index contributed by atoms with van der Waals surface area (Å²) in [4.78, 5) is 12.6. The second-order valence-electron chi connectivity index (χ2n) is 6.59. The number of hydrogen-bond donors (Lipinski definition) is 1. The van der Waals surface area contributed by atoms with Crippen molar-refractivity contribution < 1.29 is 9.18 Å². The van der Waals surface area contributed by atoms with E-state index in [0.717, 1.165) is 17.7 Å². The second kappa shape index (κ2) is 9.37. The molecule has 0 radical (unpaired) electrons. The van der Waals surface area contributed by atoms with Gasteiger partial charge in [-0.05, 0) is 35.7 Å². The van der Waals surface area contributed by atoms with Gasteiger partial charge in [0.25, 0.3) is 0 Å². The Morgan fingerprint density at radius 2 is 1.70 bits per heavy atom. The minimum atomic E-state index is -0.376. The van der Waals surface area contributed by atoms with Gasteiger partial charge in [-0.25, -0.2) is 4.39 Å². The summed E-state index contributed by atoms with van der Waals surface area (Å²) in [6, 6.07) is 24.2. The number of halogens is 1. The normalized spacial score (nSPS) is 10.7. The van der Waals surface area contributed by atoms with Crippen LogP contribution < -0.4 is 5.32 Å². The number of aromatic nitrogens is 3. The standard InChI is InChI=1S/C23H19FN4OS/c24-19-11-5-7-13-21(19)28-16-25-27-23(28)30-15-22(29)26-20-12-6-4-10-18(20)14-17-8-2-1-3-9-17/h1-13,16H,14-15H2,(H,26,29). The molecular formula is C23H19FN4OS. The minimum absolute atomic E-state index is 0.132. The van der Waals surface area contributed by atoms with E-state index in [0.29, 0.717) is 10.8 Å². The Balaban J connectivity index is 1.42.